The highest BCUT2D eigenvalue weighted by Crippen LogP contribution is 2.12. The van der Waals surface area contributed by atoms with E-state index in [1.165, 1.54) is 0 Å². The molecule has 0 bridgehead atoms. The van der Waals surface area contributed by atoms with E-state index in [0.29, 0.717) is 13.2 Å². The van der Waals surface area contributed by atoms with E-state index in [9.17, 15) is 0 Å². The minimum absolute atomic E-state index is 0.510. The molecule has 0 saturated carbocycles. The Morgan fingerprint density at radius 1 is 1.06 bits per heavy atom. The van der Waals surface area contributed by atoms with Crippen LogP contribution in [0.3, 0.4) is 0 Å². The molecule has 17 heavy (non-hydrogen) atoms. The van der Waals surface area contributed by atoms with E-state index in [0.717, 1.165) is 20.8 Å². The van der Waals surface area contributed by atoms with Crippen molar-refractivity contribution < 1.29 is 4.74 Å². The van der Waals surface area contributed by atoms with Crippen LogP contribution in [-0.2, 0) is 18.0 Å². The van der Waals surface area contributed by atoms with Crippen molar-refractivity contribution in [1.29, 1.82) is 0 Å². The van der Waals surface area contributed by atoms with Crippen molar-refractivity contribution >= 4 is 27.5 Å². The predicted octanol–water partition coefficient (Wildman–Crippen LogP) is 4.21. The maximum atomic E-state index is 5.80. The van der Waals surface area contributed by atoms with Gasteiger partial charge in [0.15, 0.2) is 0 Å². The zero-order valence-corrected chi connectivity index (χ0v) is 11.4. The molecule has 0 fully saturated rings. The number of halogens is 2. The Morgan fingerprint density at radius 2 is 1.82 bits per heavy atom. The van der Waals surface area contributed by atoms with Gasteiger partial charge in [-0.05, 0) is 45.8 Å². The number of hydrogen-bond donors (Lipinski definition) is 0. The summed E-state index contributed by atoms with van der Waals surface area (Å²) >= 11 is 9.14. The van der Waals surface area contributed by atoms with Crippen molar-refractivity contribution in [1.82, 2.24) is 4.98 Å². The van der Waals surface area contributed by atoms with E-state index < -0.39 is 0 Å². The van der Waals surface area contributed by atoms with Crippen molar-refractivity contribution in [2.75, 3.05) is 0 Å². The Kier molecular flexibility index (Phi) is 4.54. The van der Waals surface area contributed by atoms with Crippen LogP contribution in [0, 0.1) is 0 Å². The Balaban J connectivity index is 1.83. The lowest BCUT2D eigenvalue weighted by molar-refractivity contribution is 0.104. The number of aromatic nitrogens is 1. The summed E-state index contributed by atoms with van der Waals surface area (Å²) < 4.78 is 6.54. The molecule has 0 unspecified atom stereocenters. The Labute approximate surface area is 114 Å². The molecular weight excluding hydrogens is 302 g/mol. The third kappa shape index (κ3) is 4.11. The van der Waals surface area contributed by atoms with Gasteiger partial charge in [-0.3, -0.25) is 4.98 Å². The van der Waals surface area contributed by atoms with Gasteiger partial charge in [-0.2, -0.15) is 0 Å². The van der Waals surface area contributed by atoms with Crippen LogP contribution in [0.1, 0.15) is 11.3 Å². The van der Waals surface area contributed by atoms with Gasteiger partial charge in [-0.25, -0.2) is 0 Å². The molecule has 4 heteroatoms. The van der Waals surface area contributed by atoms with Gasteiger partial charge in [0.05, 0.1) is 18.9 Å². The molecule has 1 heterocycles. The number of ether oxygens (including phenoxy) is 1. The topological polar surface area (TPSA) is 22.1 Å². The SMILES string of the molecule is Clc1ccc(COCc2ccc(Br)cn2)cc1. The summed E-state index contributed by atoms with van der Waals surface area (Å²) in [5.74, 6) is 0. The number of benzene rings is 1. The van der Waals surface area contributed by atoms with Crippen molar-refractivity contribution in [2.45, 2.75) is 13.2 Å². The summed E-state index contributed by atoms with van der Waals surface area (Å²) in [4.78, 5) is 4.23. The first kappa shape index (κ1) is 12.6. The summed E-state index contributed by atoms with van der Waals surface area (Å²) in [6.45, 7) is 1.07. The van der Waals surface area contributed by atoms with Crippen molar-refractivity contribution in [3.8, 4) is 0 Å². The number of nitrogens with zero attached hydrogens (tertiary/aromatic N) is 1. The molecule has 0 saturated heterocycles. The van der Waals surface area contributed by atoms with E-state index in [4.69, 9.17) is 16.3 Å². The molecule has 2 aromatic rings. The minimum atomic E-state index is 0.510. The second-order valence-electron chi connectivity index (χ2n) is 3.59. The fourth-order valence-electron chi connectivity index (χ4n) is 1.35. The van der Waals surface area contributed by atoms with E-state index in [1.807, 2.05) is 36.4 Å². The summed E-state index contributed by atoms with van der Waals surface area (Å²) in [5, 5.41) is 0.739. The summed E-state index contributed by atoms with van der Waals surface area (Å²) in [6, 6.07) is 11.5. The van der Waals surface area contributed by atoms with Crippen LogP contribution in [0.2, 0.25) is 5.02 Å². The van der Waals surface area contributed by atoms with E-state index in [2.05, 4.69) is 20.9 Å². The molecule has 0 spiro atoms. The van der Waals surface area contributed by atoms with Gasteiger partial charge in [0, 0.05) is 15.7 Å². The van der Waals surface area contributed by atoms with Crippen LogP contribution < -0.4 is 0 Å². The van der Waals surface area contributed by atoms with Crippen molar-refractivity contribution in [2.24, 2.45) is 0 Å². The van der Waals surface area contributed by atoms with E-state index >= 15 is 0 Å². The van der Waals surface area contributed by atoms with Crippen LogP contribution in [0.4, 0.5) is 0 Å². The Hall–Kier alpha value is -0.900. The smallest absolute Gasteiger partial charge is 0.0892 e. The highest BCUT2D eigenvalue weighted by molar-refractivity contribution is 9.10. The monoisotopic (exact) mass is 311 g/mol. The highest BCUT2D eigenvalue weighted by atomic mass is 79.9. The first-order valence-electron chi connectivity index (χ1n) is 5.16. The zero-order valence-electron chi connectivity index (χ0n) is 9.07. The molecule has 0 atom stereocenters. The van der Waals surface area contributed by atoms with Gasteiger partial charge in [0.25, 0.3) is 0 Å². The quantitative estimate of drug-likeness (QED) is 0.843. The van der Waals surface area contributed by atoms with Crippen molar-refractivity contribution in [3.05, 3.63) is 63.3 Å². The zero-order chi connectivity index (χ0) is 12.1. The van der Waals surface area contributed by atoms with Crippen LogP contribution in [-0.4, -0.2) is 4.98 Å². The Bertz CT molecular complexity index is 424. The van der Waals surface area contributed by atoms with Crippen LogP contribution in [0.25, 0.3) is 0 Å². The van der Waals surface area contributed by atoms with Crippen LogP contribution >= 0.6 is 27.5 Å². The summed E-state index contributed by atoms with van der Waals surface area (Å²) in [5.41, 5.74) is 2.02. The third-order valence-corrected chi connectivity index (χ3v) is 2.94. The molecule has 0 amide bonds. The maximum absolute atomic E-state index is 5.80. The first-order valence-corrected chi connectivity index (χ1v) is 6.34. The van der Waals surface area contributed by atoms with Crippen LogP contribution in [0.15, 0.2) is 47.1 Å². The van der Waals surface area contributed by atoms with E-state index in [-0.39, 0.29) is 0 Å². The summed E-state index contributed by atoms with van der Waals surface area (Å²) in [6.07, 6.45) is 1.76. The first-order chi connectivity index (χ1) is 8.24. The van der Waals surface area contributed by atoms with Crippen molar-refractivity contribution in [3.63, 3.8) is 0 Å². The largest absolute Gasteiger partial charge is 0.370 e. The minimum Gasteiger partial charge on any atom is -0.370 e. The van der Waals surface area contributed by atoms with Gasteiger partial charge in [-0.15, -0.1) is 0 Å². The lowest BCUT2D eigenvalue weighted by Crippen LogP contribution is -1.96. The second kappa shape index (κ2) is 6.15. The fourth-order valence-corrected chi connectivity index (χ4v) is 1.71. The molecule has 0 aliphatic heterocycles. The molecule has 88 valence electrons. The lowest BCUT2D eigenvalue weighted by atomic mass is 10.2. The molecule has 0 radical (unpaired) electrons. The number of pyridine rings is 1. The maximum Gasteiger partial charge on any atom is 0.0892 e. The average Bonchev–Trinajstić information content (AvgIpc) is 2.34. The van der Waals surface area contributed by atoms with Gasteiger partial charge in [0.2, 0.25) is 0 Å². The molecule has 0 aliphatic rings. The van der Waals surface area contributed by atoms with Crippen LogP contribution in [0.5, 0.6) is 0 Å². The average molecular weight is 313 g/mol. The predicted molar refractivity (Wildman–Crippen MR) is 71.9 cm³/mol. The lowest BCUT2D eigenvalue weighted by Gasteiger charge is -2.04. The number of hydrogen-bond acceptors (Lipinski definition) is 2. The molecule has 1 aromatic carbocycles. The van der Waals surface area contributed by atoms with Gasteiger partial charge in [0.1, 0.15) is 0 Å². The summed E-state index contributed by atoms with van der Waals surface area (Å²) in [7, 11) is 0. The standard InChI is InChI=1S/C13H11BrClNO/c14-11-3-6-13(16-7-11)9-17-8-10-1-4-12(15)5-2-10/h1-7H,8-9H2. The highest BCUT2D eigenvalue weighted by Gasteiger charge is 1.97. The molecule has 0 N–H and O–H groups in total. The third-order valence-electron chi connectivity index (χ3n) is 2.22. The van der Waals surface area contributed by atoms with E-state index in [1.54, 1.807) is 6.20 Å². The van der Waals surface area contributed by atoms with Gasteiger partial charge in [-0.1, -0.05) is 23.7 Å². The van der Waals surface area contributed by atoms with Gasteiger partial charge >= 0.3 is 0 Å². The molecular formula is C13H11BrClNO. The molecule has 1 aromatic heterocycles. The normalized spacial score (nSPS) is 10.5. The second-order valence-corrected chi connectivity index (χ2v) is 4.94. The fraction of sp³-hybridized carbons (Fsp3) is 0.154. The molecule has 2 rings (SSSR count). The van der Waals surface area contributed by atoms with Gasteiger partial charge < -0.3 is 4.74 Å². The molecule has 0 aliphatic carbocycles. The number of rotatable bonds is 4. The Morgan fingerprint density at radius 3 is 2.47 bits per heavy atom. The molecule has 2 nitrogen and oxygen atoms in total.